The van der Waals surface area contributed by atoms with Gasteiger partial charge in [0.25, 0.3) is 0 Å². The van der Waals surface area contributed by atoms with Crippen LogP contribution in [0.4, 0.5) is 0 Å². The molecule has 0 fully saturated rings. The number of nitriles is 1. The minimum Gasteiger partial charge on any atom is -0.384 e. The van der Waals surface area contributed by atoms with Crippen LogP contribution in [0.25, 0.3) is 0 Å². The van der Waals surface area contributed by atoms with Crippen LogP contribution in [0.1, 0.15) is 22.5 Å². The van der Waals surface area contributed by atoms with Crippen LogP contribution in [-0.4, -0.2) is 18.7 Å². The summed E-state index contributed by atoms with van der Waals surface area (Å²) in [5.74, 6) is 0. The van der Waals surface area contributed by atoms with E-state index in [1.165, 1.54) is 11.3 Å². The van der Waals surface area contributed by atoms with E-state index >= 15 is 0 Å². The van der Waals surface area contributed by atoms with Crippen molar-refractivity contribution in [3.05, 3.63) is 15.6 Å². The smallest absolute Gasteiger partial charge is 0.128 e. The van der Waals surface area contributed by atoms with Crippen molar-refractivity contribution in [3.8, 4) is 6.07 Å². The Labute approximate surface area is 82.0 Å². The molecule has 0 spiro atoms. The van der Waals surface area contributed by atoms with Crippen LogP contribution < -0.4 is 0 Å². The summed E-state index contributed by atoms with van der Waals surface area (Å²) < 4.78 is 4.95. The van der Waals surface area contributed by atoms with Gasteiger partial charge in [0.15, 0.2) is 0 Å². The van der Waals surface area contributed by atoms with E-state index in [1.807, 2.05) is 6.92 Å². The number of ether oxygens (including phenoxy) is 1. The summed E-state index contributed by atoms with van der Waals surface area (Å²) in [6, 6.07) is 2.16. The molecule has 0 aliphatic heterocycles. The second-order valence-electron chi connectivity index (χ2n) is 2.59. The molecule has 0 aromatic carbocycles. The first-order chi connectivity index (χ1) is 6.31. The summed E-state index contributed by atoms with van der Waals surface area (Å²) in [6.07, 6.45) is 1.63. The Morgan fingerprint density at radius 3 is 2.85 bits per heavy atom. The number of aryl methyl sites for hydroxylation is 1. The Balaban J connectivity index is 2.76. The van der Waals surface area contributed by atoms with Gasteiger partial charge in [0.1, 0.15) is 10.9 Å². The van der Waals surface area contributed by atoms with Crippen LogP contribution in [0.15, 0.2) is 0 Å². The van der Waals surface area contributed by atoms with E-state index in [4.69, 9.17) is 10.00 Å². The first kappa shape index (κ1) is 10.2. The van der Waals surface area contributed by atoms with E-state index < -0.39 is 0 Å². The Bertz CT molecular complexity index is 314. The summed E-state index contributed by atoms with van der Waals surface area (Å²) in [7, 11) is 1.67. The van der Waals surface area contributed by atoms with Crippen LogP contribution >= 0.6 is 11.3 Å². The molecule has 0 N–H and O–H groups in total. The van der Waals surface area contributed by atoms with Gasteiger partial charge in [-0.15, -0.1) is 11.3 Å². The van der Waals surface area contributed by atoms with Gasteiger partial charge in [-0.2, -0.15) is 5.26 Å². The van der Waals surface area contributed by atoms with Gasteiger partial charge in [0.2, 0.25) is 0 Å². The van der Waals surface area contributed by atoms with Crippen LogP contribution in [0, 0.1) is 11.3 Å². The lowest BCUT2D eigenvalue weighted by molar-refractivity contribution is 0.202. The van der Waals surface area contributed by atoms with Crippen molar-refractivity contribution in [2.24, 2.45) is 0 Å². The van der Waals surface area contributed by atoms with E-state index in [1.54, 1.807) is 7.11 Å². The van der Waals surface area contributed by atoms with E-state index in [0.717, 1.165) is 28.4 Å². The normalized spacial score (nSPS) is 9.92. The third-order valence-corrected chi connectivity index (χ3v) is 2.76. The minimum atomic E-state index is 0.668. The van der Waals surface area contributed by atoms with Gasteiger partial charge in [-0.3, -0.25) is 0 Å². The second kappa shape index (κ2) is 4.95. The summed E-state index contributed by atoms with van der Waals surface area (Å²) >= 11 is 1.47. The molecule has 0 saturated heterocycles. The van der Waals surface area contributed by atoms with E-state index in [2.05, 4.69) is 11.1 Å². The fraction of sp³-hybridized carbons (Fsp3) is 0.556. The molecule has 0 atom stereocenters. The number of hydrogen-bond acceptors (Lipinski definition) is 4. The number of hydrogen-bond donors (Lipinski definition) is 0. The van der Waals surface area contributed by atoms with Crippen molar-refractivity contribution in [2.45, 2.75) is 19.8 Å². The molecular weight excluding hydrogens is 184 g/mol. The maximum absolute atomic E-state index is 8.78. The van der Waals surface area contributed by atoms with Gasteiger partial charge < -0.3 is 4.74 Å². The zero-order chi connectivity index (χ0) is 9.68. The van der Waals surface area contributed by atoms with Gasteiger partial charge in [-0.25, -0.2) is 4.98 Å². The molecule has 1 aromatic heterocycles. The molecule has 0 unspecified atom stereocenters. The SMILES string of the molecule is CCc1nc(CCOC)sc1C#N. The monoisotopic (exact) mass is 196 g/mol. The number of nitrogens with zero attached hydrogens (tertiary/aromatic N) is 2. The number of aromatic nitrogens is 1. The maximum atomic E-state index is 8.78. The van der Waals surface area contributed by atoms with Gasteiger partial charge in [0, 0.05) is 13.5 Å². The first-order valence-corrected chi connectivity index (χ1v) is 5.01. The van der Waals surface area contributed by atoms with E-state index in [9.17, 15) is 0 Å². The highest BCUT2D eigenvalue weighted by Gasteiger charge is 2.08. The summed E-state index contributed by atoms with van der Waals surface area (Å²) in [4.78, 5) is 5.10. The number of methoxy groups -OCH3 is 1. The molecule has 1 aromatic rings. The molecule has 0 aliphatic carbocycles. The highest BCUT2D eigenvalue weighted by molar-refractivity contribution is 7.12. The van der Waals surface area contributed by atoms with Crippen LogP contribution in [-0.2, 0) is 17.6 Å². The lowest BCUT2D eigenvalue weighted by atomic mass is 10.3. The fourth-order valence-corrected chi connectivity index (χ4v) is 1.95. The van der Waals surface area contributed by atoms with Crippen LogP contribution in [0.2, 0.25) is 0 Å². The molecule has 0 amide bonds. The zero-order valence-electron chi connectivity index (χ0n) is 7.83. The highest BCUT2D eigenvalue weighted by Crippen LogP contribution is 2.18. The Hall–Kier alpha value is -0.920. The third kappa shape index (κ3) is 2.51. The second-order valence-corrected chi connectivity index (χ2v) is 3.68. The van der Waals surface area contributed by atoms with Gasteiger partial charge in [-0.1, -0.05) is 6.92 Å². The third-order valence-electron chi connectivity index (χ3n) is 1.70. The van der Waals surface area contributed by atoms with E-state index in [0.29, 0.717) is 6.61 Å². The highest BCUT2D eigenvalue weighted by atomic mass is 32.1. The summed E-state index contributed by atoms with van der Waals surface area (Å²) in [5.41, 5.74) is 0.915. The Kier molecular flexibility index (Phi) is 3.87. The fourth-order valence-electron chi connectivity index (χ4n) is 1.02. The van der Waals surface area contributed by atoms with Gasteiger partial charge in [-0.05, 0) is 6.42 Å². The van der Waals surface area contributed by atoms with Crippen molar-refractivity contribution in [1.29, 1.82) is 5.26 Å². The molecule has 0 aliphatic rings. The molecule has 1 rings (SSSR count). The Morgan fingerprint density at radius 2 is 2.38 bits per heavy atom. The summed E-state index contributed by atoms with van der Waals surface area (Å²) in [5, 5.41) is 9.77. The van der Waals surface area contributed by atoms with Gasteiger partial charge in [0.05, 0.1) is 17.3 Å². The number of thiazole rings is 1. The van der Waals surface area contributed by atoms with Crippen LogP contribution in [0.3, 0.4) is 0 Å². The van der Waals surface area contributed by atoms with E-state index in [-0.39, 0.29) is 0 Å². The molecule has 1 heterocycles. The lowest BCUT2D eigenvalue weighted by Crippen LogP contribution is -1.93. The number of rotatable bonds is 4. The van der Waals surface area contributed by atoms with Gasteiger partial charge >= 0.3 is 0 Å². The maximum Gasteiger partial charge on any atom is 0.128 e. The largest absolute Gasteiger partial charge is 0.384 e. The summed E-state index contributed by atoms with van der Waals surface area (Å²) in [6.45, 7) is 2.68. The van der Waals surface area contributed by atoms with Crippen molar-refractivity contribution < 1.29 is 4.74 Å². The molecule has 0 saturated carbocycles. The molecular formula is C9H12N2OS. The van der Waals surface area contributed by atoms with Crippen molar-refractivity contribution in [3.63, 3.8) is 0 Å². The average molecular weight is 196 g/mol. The van der Waals surface area contributed by atoms with Crippen molar-refractivity contribution in [2.75, 3.05) is 13.7 Å². The predicted octanol–water partition coefficient (Wildman–Crippen LogP) is 1.77. The van der Waals surface area contributed by atoms with Crippen molar-refractivity contribution >= 4 is 11.3 Å². The molecule has 13 heavy (non-hydrogen) atoms. The lowest BCUT2D eigenvalue weighted by Gasteiger charge is -1.92. The molecule has 3 nitrogen and oxygen atoms in total. The molecule has 0 radical (unpaired) electrons. The van der Waals surface area contributed by atoms with Crippen LogP contribution in [0.5, 0.6) is 0 Å². The molecule has 70 valence electrons. The standard InChI is InChI=1S/C9H12N2OS/c1-3-7-8(6-10)13-9(11-7)4-5-12-2/h3-5H2,1-2H3. The predicted molar refractivity (Wildman–Crippen MR) is 51.8 cm³/mol. The molecule has 4 heteroatoms. The van der Waals surface area contributed by atoms with Crippen molar-refractivity contribution in [1.82, 2.24) is 4.98 Å². The first-order valence-electron chi connectivity index (χ1n) is 4.19. The molecule has 0 bridgehead atoms. The topological polar surface area (TPSA) is 45.9 Å². The Morgan fingerprint density at radius 1 is 1.62 bits per heavy atom. The zero-order valence-corrected chi connectivity index (χ0v) is 8.65. The minimum absolute atomic E-state index is 0.668. The quantitative estimate of drug-likeness (QED) is 0.737. The average Bonchev–Trinajstić information content (AvgIpc) is 2.57.